The molecule has 0 bridgehead atoms. The van der Waals surface area contributed by atoms with Gasteiger partial charge in [-0.25, -0.2) is 0 Å². The Balaban J connectivity index is 1.82. The van der Waals surface area contributed by atoms with Gasteiger partial charge in [0.05, 0.1) is 27.9 Å². The van der Waals surface area contributed by atoms with Crippen LogP contribution >= 0.6 is 0 Å². The van der Waals surface area contributed by atoms with E-state index in [0.717, 1.165) is 38.7 Å². The van der Waals surface area contributed by atoms with E-state index in [9.17, 15) is 4.79 Å². The van der Waals surface area contributed by atoms with Crippen LogP contribution < -0.4 is 14.2 Å². The van der Waals surface area contributed by atoms with Crippen molar-refractivity contribution >= 4 is 11.9 Å². The van der Waals surface area contributed by atoms with Crippen molar-refractivity contribution in [3.63, 3.8) is 0 Å². The van der Waals surface area contributed by atoms with Crippen molar-refractivity contribution in [3.05, 3.63) is 17.7 Å². The number of aliphatic imine (C=N–C) groups is 1. The molecule has 2 heterocycles. The van der Waals surface area contributed by atoms with E-state index in [1.807, 2.05) is 0 Å². The number of carbonyl (C=O) groups excluding carboxylic acids is 1. The monoisotopic (exact) mass is 376 g/mol. The molecule has 1 aromatic rings. The molecule has 3 rings (SSSR count). The summed E-state index contributed by atoms with van der Waals surface area (Å²) in [4.78, 5) is 24.2. The van der Waals surface area contributed by atoms with E-state index < -0.39 is 0 Å². The molecule has 1 amide bonds. The zero-order valence-electron chi connectivity index (χ0n) is 16.5. The average Bonchev–Trinajstić information content (AvgIpc) is 3.21. The fourth-order valence-corrected chi connectivity index (χ4v) is 3.52. The minimum atomic E-state index is -0.108. The number of carbonyl (C=O) groups is 1. The highest BCUT2D eigenvalue weighted by molar-refractivity contribution is 6.07. The first-order valence-electron chi connectivity index (χ1n) is 9.26. The first-order valence-corrected chi connectivity index (χ1v) is 9.26. The molecule has 8 nitrogen and oxygen atoms in total. The van der Waals surface area contributed by atoms with Crippen LogP contribution in [0.1, 0.15) is 17.3 Å². The summed E-state index contributed by atoms with van der Waals surface area (Å²) >= 11 is 0. The summed E-state index contributed by atoms with van der Waals surface area (Å²) in [5.41, 5.74) is 0.492. The molecule has 1 saturated heterocycles. The van der Waals surface area contributed by atoms with Crippen LogP contribution in [0.15, 0.2) is 17.1 Å². The smallest absolute Gasteiger partial charge is 0.260 e. The number of hydrogen-bond donors (Lipinski definition) is 0. The van der Waals surface area contributed by atoms with Crippen LogP contribution in [0, 0.1) is 0 Å². The van der Waals surface area contributed by atoms with Crippen molar-refractivity contribution in [2.24, 2.45) is 4.99 Å². The Morgan fingerprint density at radius 2 is 1.63 bits per heavy atom. The Bertz CT molecular complexity index is 689. The zero-order chi connectivity index (χ0) is 19.4. The van der Waals surface area contributed by atoms with E-state index in [2.05, 4.69) is 21.7 Å². The number of amides is 1. The predicted molar refractivity (Wildman–Crippen MR) is 103 cm³/mol. The van der Waals surface area contributed by atoms with Crippen molar-refractivity contribution in [1.29, 1.82) is 0 Å². The van der Waals surface area contributed by atoms with Gasteiger partial charge in [-0.2, -0.15) is 0 Å². The molecule has 0 aliphatic carbocycles. The molecule has 8 heteroatoms. The van der Waals surface area contributed by atoms with Gasteiger partial charge in [0, 0.05) is 38.3 Å². The van der Waals surface area contributed by atoms with E-state index in [0.29, 0.717) is 35.9 Å². The fourth-order valence-electron chi connectivity index (χ4n) is 3.52. The lowest BCUT2D eigenvalue weighted by atomic mass is 10.1. The molecular formula is C19H28N4O4. The van der Waals surface area contributed by atoms with Gasteiger partial charge >= 0.3 is 0 Å². The lowest BCUT2D eigenvalue weighted by Crippen LogP contribution is -2.53. The highest BCUT2D eigenvalue weighted by Crippen LogP contribution is 2.38. The van der Waals surface area contributed by atoms with Gasteiger partial charge in [0.15, 0.2) is 11.5 Å². The topological polar surface area (TPSA) is 66.8 Å². The van der Waals surface area contributed by atoms with Crippen LogP contribution in [0.4, 0.5) is 0 Å². The van der Waals surface area contributed by atoms with E-state index in [-0.39, 0.29) is 5.91 Å². The SMILES string of the molecule is CCN1CCN(C2=NCCN2C(=O)c2cc(OC)c(OC)c(OC)c2)CC1. The van der Waals surface area contributed by atoms with Crippen molar-refractivity contribution in [1.82, 2.24) is 14.7 Å². The number of likely N-dealkylation sites (N-methyl/N-ethyl adjacent to an activating group) is 1. The van der Waals surface area contributed by atoms with Crippen LogP contribution in [0.5, 0.6) is 17.2 Å². The lowest BCUT2D eigenvalue weighted by Gasteiger charge is -2.37. The molecule has 0 unspecified atom stereocenters. The molecule has 2 aliphatic rings. The quantitative estimate of drug-likeness (QED) is 0.768. The first-order chi connectivity index (χ1) is 13.1. The van der Waals surface area contributed by atoms with Crippen LogP contribution in [0.3, 0.4) is 0 Å². The largest absolute Gasteiger partial charge is 0.493 e. The molecule has 0 atom stereocenters. The molecule has 148 valence electrons. The fraction of sp³-hybridized carbons (Fsp3) is 0.579. The molecule has 0 radical (unpaired) electrons. The molecule has 0 aromatic heterocycles. The number of methoxy groups -OCH3 is 3. The van der Waals surface area contributed by atoms with Gasteiger partial charge in [-0.3, -0.25) is 14.7 Å². The molecule has 0 N–H and O–H groups in total. The second-order valence-corrected chi connectivity index (χ2v) is 6.47. The molecule has 0 spiro atoms. The summed E-state index contributed by atoms with van der Waals surface area (Å²) in [6.45, 7) is 8.16. The lowest BCUT2D eigenvalue weighted by molar-refractivity contribution is 0.0833. The Morgan fingerprint density at radius 1 is 1.00 bits per heavy atom. The van der Waals surface area contributed by atoms with Crippen molar-refractivity contribution in [2.45, 2.75) is 6.92 Å². The Morgan fingerprint density at radius 3 is 2.15 bits per heavy atom. The number of hydrogen-bond acceptors (Lipinski definition) is 7. The predicted octanol–water partition coefficient (Wildman–Crippen LogP) is 1.16. The number of ether oxygens (including phenoxy) is 3. The first kappa shape index (κ1) is 19.3. The maximum Gasteiger partial charge on any atom is 0.260 e. The number of guanidine groups is 1. The number of piperazine rings is 1. The highest BCUT2D eigenvalue weighted by Gasteiger charge is 2.31. The Kier molecular flexibility index (Phi) is 6.05. The van der Waals surface area contributed by atoms with Crippen LogP contribution in [0.2, 0.25) is 0 Å². The summed E-state index contributed by atoms with van der Waals surface area (Å²) in [6, 6.07) is 3.38. The third-order valence-corrected chi connectivity index (χ3v) is 5.08. The molecule has 0 saturated carbocycles. The van der Waals surface area contributed by atoms with Crippen molar-refractivity contribution in [3.8, 4) is 17.2 Å². The van der Waals surface area contributed by atoms with Gasteiger partial charge in [-0.15, -0.1) is 0 Å². The number of rotatable bonds is 5. The molecular weight excluding hydrogens is 348 g/mol. The second-order valence-electron chi connectivity index (χ2n) is 6.47. The summed E-state index contributed by atoms with van der Waals surface area (Å²) in [7, 11) is 4.63. The number of nitrogens with zero attached hydrogens (tertiary/aromatic N) is 4. The highest BCUT2D eigenvalue weighted by atomic mass is 16.5. The van der Waals surface area contributed by atoms with Crippen molar-refractivity contribution < 1.29 is 19.0 Å². The maximum absolute atomic E-state index is 13.2. The average molecular weight is 376 g/mol. The van der Waals surface area contributed by atoms with Crippen molar-refractivity contribution in [2.75, 3.05) is 67.1 Å². The summed E-state index contributed by atoms with van der Waals surface area (Å²) in [5, 5.41) is 0. The van der Waals surface area contributed by atoms with E-state index in [1.165, 1.54) is 0 Å². The summed E-state index contributed by atoms with van der Waals surface area (Å²) in [5.74, 6) is 2.07. The van der Waals surface area contributed by atoms with Gasteiger partial charge in [0.2, 0.25) is 11.7 Å². The van der Waals surface area contributed by atoms with E-state index >= 15 is 0 Å². The van der Waals surface area contributed by atoms with E-state index in [1.54, 1.807) is 38.4 Å². The molecule has 1 fully saturated rings. The molecule has 27 heavy (non-hydrogen) atoms. The normalized spacial score (nSPS) is 17.7. The summed E-state index contributed by atoms with van der Waals surface area (Å²) in [6.07, 6.45) is 0. The maximum atomic E-state index is 13.2. The third-order valence-electron chi connectivity index (χ3n) is 5.08. The third kappa shape index (κ3) is 3.80. The zero-order valence-corrected chi connectivity index (χ0v) is 16.5. The van der Waals surface area contributed by atoms with E-state index in [4.69, 9.17) is 14.2 Å². The summed E-state index contributed by atoms with van der Waals surface area (Å²) < 4.78 is 16.1. The molecule has 1 aromatic carbocycles. The minimum absolute atomic E-state index is 0.108. The van der Waals surface area contributed by atoms with Gasteiger partial charge < -0.3 is 24.0 Å². The molecule has 2 aliphatic heterocycles. The standard InChI is InChI=1S/C19H28N4O4/c1-5-21-8-10-22(11-9-21)19-20-6-7-23(19)18(24)14-12-15(25-2)17(27-4)16(13-14)26-3/h12-13H,5-11H2,1-4H3. The Hall–Kier alpha value is -2.48. The second kappa shape index (κ2) is 8.47. The number of benzene rings is 1. The van der Waals surface area contributed by atoms with Gasteiger partial charge in [0.25, 0.3) is 5.91 Å². The minimum Gasteiger partial charge on any atom is -0.493 e. The Labute approximate surface area is 160 Å². The van der Waals surface area contributed by atoms with Gasteiger partial charge in [0.1, 0.15) is 0 Å². The van der Waals surface area contributed by atoms with Crippen LogP contribution in [-0.4, -0.2) is 93.7 Å². The van der Waals surface area contributed by atoms with Crippen LogP contribution in [0.25, 0.3) is 0 Å². The van der Waals surface area contributed by atoms with Gasteiger partial charge in [-0.05, 0) is 18.7 Å². The van der Waals surface area contributed by atoms with Gasteiger partial charge in [-0.1, -0.05) is 6.92 Å². The van der Waals surface area contributed by atoms with Crippen LogP contribution in [-0.2, 0) is 0 Å².